The number of aromatic nitrogens is 1. The van der Waals surface area contributed by atoms with E-state index in [-0.39, 0.29) is 31.4 Å². The Bertz CT molecular complexity index is 1240. The van der Waals surface area contributed by atoms with E-state index in [1.165, 1.54) is 11.3 Å². The van der Waals surface area contributed by atoms with Crippen molar-refractivity contribution in [2.24, 2.45) is 0 Å². The van der Waals surface area contributed by atoms with E-state index in [0.717, 1.165) is 5.56 Å². The maximum Gasteiger partial charge on any atom is 0.336 e. The number of nitrogens with one attached hydrogen (secondary N) is 1. The molecule has 1 heterocycles. The molecule has 0 fully saturated rings. The Morgan fingerprint density at radius 2 is 1.79 bits per heavy atom. The standard InChI is InChI=1S/C27H36N3O7PS/c1-5-35-38(32,36-6-2)17-23-18-39-27(29-23)30-26(31)21-13-24(15-25(14-21)37-19(3)16-33-4)34-12-11-20-7-9-22(28)10-8-20/h7-10,13-15,18-19H,5-6,11-12,16-17,28H2,1-4H3,(H,29,30,31)/t19-/m0/s1. The number of hydrogen-bond acceptors (Lipinski definition) is 10. The van der Waals surface area contributed by atoms with E-state index < -0.39 is 7.60 Å². The monoisotopic (exact) mass is 577 g/mol. The minimum absolute atomic E-state index is 0.0216. The second-order valence-corrected chi connectivity index (χ2v) is 11.5. The quantitative estimate of drug-likeness (QED) is 0.161. The van der Waals surface area contributed by atoms with E-state index in [1.807, 2.05) is 31.2 Å². The first kappa shape index (κ1) is 30.6. The first-order valence-electron chi connectivity index (χ1n) is 12.6. The number of methoxy groups -OCH3 is 1. The van der Waals surface area contributed by atoms with Gasteiger partial charge < -0.3 is 29.0 Å². The fraction of sp³-hybridized carbons (Fsp3) is 0.407. The van der Waals surface area contributed by atoms with Crippen LogP contribution >= 0.6 is 18.9 Å². The van der Waals surface area contributed by atoms with Gasteiger partial charge in [-0.2, -0.15) is 0 Å². The number of nitrogens with two attached hydrogens (primary N) is 1. The second-order valence-electron chi connectivity index (χ2n) is 8.62. The summed E-state index contributed by atoms with van der Waals surface area (Å²) in [6.45, 7) is 6.69. The third-order valence-corrected chi connectivity index (χ3v) is 8.12. The number of nitrogen functional groups attached to an aromatic ring is 1. The van der Waals surface area contributed by atoms with Gasteiger partial charge in [0.1, 0.15) is 17.6 Å². The molecule has 0 radical (unpaired) electrons. The third kappa shape index (κ3) is 9.94. The molecule has 212 valence electrons. The zero-order valence-electron chi connectivity index (χ0n) is 22.7. The number of amides is 1. The van der Waals surface area contributed by atoms with Crippen molar-refractivity contribution in [1.29, 1.82) is 0 Å². The summed E-state index contributed by atoms with van der Waals surface area (Å²) in [5, 5.41) is 4.88. The van der Waals surface area contributed by atoms with Crippen LogP contribution in [0.4, 0.5) is 10.8 Å². The van der Waals surface area contributed by atoms with Crippen LogP contribution in [0.25, 0.3) is 0 Å². The molecule has 0 saturated heterocycles. The Labute approximate surface area is 233 Å². The van der Waals surface area contributed by atoms with Crippen molar-refractivity contribution in [3.63, 3.8) is 0 Å². The molecule has 0 spiro atoms. The maximum atomic E-state index is 13.2. The van der Waals surface area contributed by atoms with E-state index in [9.17, 15) is 9.36 Å². The fourth-order valence-electron chi connectivity index (χ4n) is 3.65. The summed E-state index contributed by atoms with van der Waals surface area (Å²) in [5.74, 6) is 0.581. The Morgan fingerprint density at radius 3 is 2.46 bits per heavy atom. The Hall–Kier alpha value is -2.95. The predicted octanol–water partition coefficient (Wildman–Crippen LogP) is 5.78. The molecule has 10 nitrogen and oxygen atoms in total. The first-order valence-corrected chi connectivity index (χ1v) is 15.3. The average Bonchev–Trinajstić information content (AvgIpc) is 3.31. The second kappa shape index (κ2) is 15.0. The Balaban J connectivity index is 1.72. The Morgan fingerprint density at radius 1 is 1.10 bits per heavy atom. The smallest absolute Gasteiger partial charge is 0.336 e. The van der Waals surface area contributed by atoms with Gasteiger partial charge in [0.2, 0.25) is 0 Å². The molecule has 1 atom stereocenters. The van der Waals surface area contributed by atoms with E-state index in [0.29, 0.717) is 53.2 Å². The summed E-state index contributed by atoms with van der Waals surface area (Å²) in [7, 11) is -1.71. The summed E-state index contributed by atoms with van der Waals surface area (Å²) >= 11 is 1.22. The summed E-state index contributed by atoms with van der Waals surface area (Å²) in [6.07, 6.45) is 0.458. The van der Waals surface area contributed by atoms with E-state index in [2.05, 4.69) is 10.3 Å². The molecular weight excluding hydrogens is 541 g/mol. The highest BCUT2D eigenvalue weighted by molar-refractivity contribution is 7.53. The highest BCUT2D eigenvalue weighted by Gasteiger charge is 2.26. The normalized spacial score (nSPS) is 12.2. The molecule has 12 heteroatoms. The topological polar surface area (TPSA) is 131 Å². The van der Waals surface area contributed by atoms with Crippen molar-refractivity contribution < 1.29 is 32.6 Å². The molecule has 3 rings (SSSR count). The molecule has 3 N–H and O–H groups in total. The fourth-order valence-corrected chi connectivity index (χ4v) is 6.08. The number of rotatable bonds is 16. The highest BCUT2D eigenvalue weighted by atomic mass is 32.1. The van der Waals surface area contributed by atoms with Crippen LogP contribution in [0.3, 0.4) is 0 Å². The van der Waals surface area contributed by atoms with Gasteiger partial charge in [0.05, 0.1) is 38.3 Å². The van der Waals surface area contributed by atoms with Gasteiger partial charge in [-0.3, -0.25) is 14.7 Å². The minimum atomic E-state index is -3.31. The summed E-state index contributed by atoms with van der Waals surface area (Å²) in [4.78, 5) is 17.6. The number of benzene rings is 2. The number of ether oxygens (including phenoxy) is 3. The van der Waals surface area contributed by atoms with Gasteiger partial charge in [0.15, 0.2) is 5.13 Å². The molecule has 0 aliphatic carbocycles. The van der Waals surface area contributed by atoms with E-state index >= 15 is 0 Å². The van der Waals surface area contributed by atoms with Crippen LogP contribution in [-0.2, 0) is 30.9 Å². The number of carbonyl (C=O) groups excluding carboxylic acids is 1. The minimum Gasteiger partial charge on any atom is -0.493 e. The molecule has 0 bridgehead atoms. The van der Waals surface area contributed by atoms with Crippen molar-refractivity contribution in [3.8, 4) is 11.5 Å². The number of carbonyl (C=O) groups is 1. The zero-order chi connectivity index (χ0) is 28.3. The molecule has 2 aromatic carbocycles. The lowest BCUT2D eigenvalue weighted by atomic mass is 10.1. The van der Waals surface area contributed by atoms with Gasteiger partial charge in [0.25, 0.3) is 5.91 Å². The lowest BCUT2D eigenvalue weighted by Gasteiger charge is -2.16. The van der Waals surface area contributed by atoms with Gasteiger partial charge in [0, 0.05) is 36.2 Å². The molecule has 1 amide bonds. The van der Waals surface area contributed by atoms with Crippen LogP contribution in [0.5, 0.6) is 11.5 Å². The lowest BCUT2D eigenvalue weighted by molar-refractivity contribution is 0.0914. The summed E-state index contributed by atoms with van der Waals surface area (Å²) in [6, 6.07) is 12.6. The SMILES string of the molecule is CCOP(=O)(Cc1csc(NC(=O)c2cc(OCCc3ccc(N)cc3)cc(O[C@@H](C)COC)c2)n1)OCC. The molecule has 0 unspecified atom stereocenters. The Kier molecular flexibility index (Phi) is 11.8. The van der Waals surface area contributed by atoms with Gasteiger partial charge in [-0.05, 0) is 50.6 Å². The largest absolute Gasteiger partial charge is 0.493 e. The van der Waals surface area contributed by atoms with Crippen molar-refractivity contribution >= 4 is 35.7 Å². The van der Waals surface area contributed by atoms with Crippen molar-refractivity contribution in [2.75, 3.05) is 44.6 Å². The van der Waals surface area contributed by atoms with Crippen LogP contribution in [0.15, 0.2) is 47.8 Å². The van der Waals surface area contributed by atoms with Gasteiger partial charge >= 0.3 is 7.60 Å². The van der Waals surface area contributed by atoms with Crippen molar-refractivity contribution in [3.05, 3.63) is 64.7 Å². The predicted molar refractivity (Wildman–Crippen MR) is 153 cm³/mol. The molecule has 0 aliphatic rings. The zero-order valence-corrected chi connectivity index (χ0v) is 24.4. The summed E-state index contributed by atoms with van der Waals surface area (Å²) in [5.41, 5.74) is 8.40. The van der Waals surface area contributed by atoms with Crippen LogP contribution in [0.1, 0.15) is 42.4 Å². The lowest BCUT2D eigenvalue weighted by Crippen LogP contribution is -2.19. The molecule has 0 aliphatic heterocycles. The summed E-state index contributed by atoms with van der Waals surface area (Å²) < 4.78 is 40.6. The van der Waals surface area contributed by atoms with Gasteiger partial charge in [-0.1, -0.05) is 12.1 Å². The van der Waals surface area contributed by atoms with Crippen LogP contribution < -0.4 is 20.5 Å². The average molecular weight is 578 g/mol. The number of nitrogens with zero attached hydrogens (tertiary/aromatic N) is 1. The number of anilines is 2. The third-order valence-electron chi connectivity index (χ3n) is 5.30. The van der Waals surface area contributed by atoms with Crippen LogP contribution in [-0.4, -0.2) is 50.5 Å². The number of hydrogen-bond donors (Lipinski definition) is 2. The van der Waals surface area contributed by atoms with Gasteiger partial charge in [-0.15, -0.1) is 11.3 Å². The molecular formula is C27H36N3O7PS. The van der Waals surface area contributed by atoms with Crippen LogP contribution in [0, 0.1) is 0 Å². The molecule has 39 heavy (non-hydrogen) atoms. The van der Waals surface area contributed by atoms with E-state index in [1.54, 1.807) is 44.5 Å². The van der Waals surface area contributed by atoms with Crippen molar-refractivity contribution in [1.82, 2.24) is 4.98 Å². The van der Waals surface area contributed by atoms with Gasteiger partial charge in [-0.25, -0.2) is 4.98 Å². The van der Waals surface area contributed by atoms with Crippen LogP contribution in [0.2, 0.25) is 0 Å². The van der Waals surface area contributed by atoms with Crippen molar-refractivity contribution in [2.45, 2.75) is 39.5 Å². The molecule has 3 aromatic rings. The first-order chi connectivity index (χ1) is 18.7. The number of thiazole rings is 1. The highest BCUT2D eigenvalue weighted by Crippen LogP contribution is 2.51. The molecule has 1 aromatic heterocycles. The maximum absolute atomic E-state index is 13.2. The van der Waals surface area contributed by atoms with E-state index in [4.69, 9.17) is 29.0 Å². The molecule has 0 saturated carbocycles.